The molecular formula is C22H19F3N4O2. The van der Waals surface area contributed by atoms with Crippen LogP contribution in [0.1, 0.15) is 12.5 Å². The van der Waals surface area contributed by atoms with Crippen molar-refractivity contribution in [3.63, 3.8) is 0 Å². The van der Waals surface area contributed by atoms with Crippen LogP contribution in [0.25, 0.3) is 0 Å². The average Bonchev–Trinajstić information content (AvgIpc) is 3.04. The average molecular weight is 428 g/mol. The summed E-state index contributed by atoms with van der Waals surface area (Å²) in [6.07, 6.45) is -2.25. The lowest BCUT2D eigenvalue weighted by molar-refractivity contribution is -0.274. The van der Waals surface area contributed by atoms with Gasteiger partial charge in [0, 0.05) is 23.6 Å². The van der Waals surface area contributed by atoms with Gasteiger partial charge in [0.2, 0.25) is 0 Å². The first-order valence-corrected chi connectivity index (χ1v) is 9.56. The van der Waals surface area contributed by atoms with Crippen molar-refractivity contribution in [2.75, 3.05) is 15.5 Å². The second-order valence-corrected chi connectivity index (χ2v) is 7.08. The van der Waals surface area contributed by atoms with Crippen LogP contribution in [0, 0.1) is 0 Å². The molecule has 0 aliphatic carbocycles. The third-order valence-electron chi connectivity index (χ3n) is 4.82. The van der Waals surface area contributed by atoms with Gasteiger partial charge in [-0.2, -0.15) is 0 Å². The molecule has 0 bridgehead atoms. The summed E-state index contributed by atoms with van der Waals surface area (Å²) in [5, 5.41) is 5.37. The number of carbonyl (C=O) groups is 1. The number of aromatic nitrogens is 1. The number of nitrogens with one attached hydrogen (secondary N) is 2. The van der Waals surface area contributed by atoms with Gasteiger partial charge in [-0.05, 0) is 61.4 Å². The Hall–Kier alpha value is -3.75. The lowest BCUT2D eigenvalue weighted by Gasteiger charge is -2.26. The summed E-state index contributed by atoms with van der Waals surface area (Å²) in [5.41, 5.74) is 3.08. The zero-order chi connectivity index (χ0) is 22.0. The molecule has 0 spiro atoms. The fraction of sp³-hybridized carbons (Fsp3) is 0.182. The van der Waals surface area contributed by atoms with Gasteiger partial charge in [0.25, 0.3) is 0 Å². The zero-order valence-electron chi connectivity index (χ0n) is 16.5. The van der Waals surface area contributed by atoms with Crippen LogP contribution in [0.5, 0.6) is 5.75 Å². The number of pyridine rings is 1. The van der Waals surface area contributed by atoms with Crippen molar-refractivity contribution >= 4 is 28.9 Å². The van der Waals surface area contributed by atoms with E-state index in [1.807, 2.05) is 18.2 Å². The molecule has 4 rings (SSSR count). The number of carbonyl (C=O) groups excluding carboxylic acids is 1. The van der Waals surface area contributed by atoms with Crippen LogP contribution in [-0.2, 0) is 6.42 Å². The highest BCUT2D eigenvalue weighted by Gasteiger charge is 2.31. The number of hydrogen-bond donors (Lipinski definition) is 2. The molecule has 6 nitrogen and oxygen atoms in total. The normalized spacial score (nSPS) is 15.4. The molecule has 1 aliphatic heterocycles. The SMILES string of the molecule is CC1Cc2ccccc2N1c1ncccc1NC(=O)Nc1ccc(OC(F)(F)F)cc1. The highest BCUT2D eigenvalue weighted by atomic mass is 19.4. The Labute approximate surface area is 176 Å². The standard InChI is InChI=1S/C22H19F3N4O2/c1-14-13-15-5-2-3-7-19(15)29(14)20-18(6-4-12-26-20)28-21(30)27-16-8-10-17(11-9-16)31-22(23,24)25/h2-12,14H,13H2,1H3,(H2,27,28,30). The number of benzene rings is 2. The van der Waals surface area contributed by atoms with Gasteiger partial charge < -0.3 is 20.3 Å². The maximum Gasteiger partial charge on any atom is 0.573 e. The summed E-state index contributed by atoms with van der Waals surface area (Å²) in [6.45, 7) is 2.09. The summed E-state index contributed by atoms with van der Waals surface area (Å²) in [6, 6.07) is 16.0. The first kappa shape index (κ1) is 20.5. The number of urea groups is 1. The highest BCUT2D eigenvalue weighted by molar-refractivity contribution is 6.02. The van der Waals surface area contributed by atoms with Gasteiger partial charge in [-0.3, -0.25) is 0 Å². The molecular weight excluding hydrogens is 409 g/mol. The van der Waals surface area contributed by atoms with Crippen LogP contribution < -0.4 is 20.3 Å². The van der Waals surface area contributed by atoms with E-state index >= 15 is 0 Å². The summed E-state index contributed by atoms with van der Waals surface area (Å²) < 4.78 is 40.6. The van der Waals surface area contributed by atoms with E-state index in [1.165, 1.54) is 17.7 Å². The van der Waals surface area contributed by atoms with Crippen molar-refractivity contribution in [1.82, 2.24) is 4.98 Å². The number of alkyl halides is 3. The van der Waals surface area contributed by atoms with Crippen LogP contribution in [0.3, 0.4) is 0 Å². The molecule has 0 saturated heterocycles. The van der Waals surface area contributed by atoms with Gasteiger partial charge >= 0.3 is 12.4 Å². The number of anilines is 4. The third kappa shape index (κ3) is 4.71. The summed E-state index contributed by atoms with van der Waals surface area (Å²) >= 11 is 0. The van der Waals surface area contributed by atoms with Crippen LogP contribution >= 0.6 is 0 Å². The number of fused-ring (bicyclic) bond motifs is 1. The van der Waals surface area contributed by atoms with Gasteiger partial charge in [-0.15, -0.1) is 13.2 Å². The fourth-order valence-corrected chi connectivity index (χ4v) is 3.60. The molecule has 1 unspecified atom stereocenters. The minimum Gasteiger partial charge on any atom is -0.406 e. The summed E-state index contributed by atoms with van der Waals surface area (Å²) in [7, 11) is 0. The highest BCUT2D eigenvalue weighted by Crippen LogP contribution is 2.40. The van der Waals surface area contributed by atoms with E-state index in [1.54, 1.807) is 18.3 Å². The van der Waals surface area contributed by atoms with Gasteiger partial charge in [0.1, 0.15) is 5.75 Å². The predicted octanol–water partition coefficient (Wildman–Crippen LogP) is 5.71. The fourth-order valence-electron chi connectivity index (χ4n) is 3.60. The van der Waals surface area contributed by atoms with Crippen molar-refractivity contribution in [3.8, 4) is 5.75 Å². The largest absolute Gasteiger partial charge is 0.573 e. The van der Waals surface area contributed by atoms with E-state index in [0.29, 0.717) is 17.2 Å². The van der Waals surface area contributed by atoms with E-state index in [2.05, 4.69) is 38.2 Å². The number of nitrogens with zero attached hydrogens (tertiary/aromatic N) is 2. The molecule has 2 heterocycles. The van der Waals surface area contributed by atoms with Gasteiger partial charge in [-0.25, -0.2) is 9.78 Å². The first-order chi connectivity index (χ1) is 14.8. The molecule has 1 aliphatic rings. The van der Waals surface area contributed by atoms with Crippen molar-refractivity contribution < 1.29 is 22.7 Å². The molecule has 1 aromatic heterocycles. The van der Waals surface area contributed by atoms with Crippen molar-refractivity contribution in [2.24, 2.45) is 0 Å². The Bertz CT molecular complexity index is 1090. The lowest BCUT2D eigenvalue weighted by Crippen LogP contribution is -2.27. The smallest absolute Gasteiger partial charge is 0.406 e. The topological polar surface area (TPSA) is 66.5 Å². The van der Waals surface area contributed by atoms with Gasteiger partial charge in [0.15, 0.2) is 5.82 Å². The maximum absolute atomic E-state index is 12.5. The molecule has 3 aromatic rings. The monoisotopic (exact) mass is 428 g/mol. The minimum absolute atomic E-state index is 0.164. The van der Waals surface area contributed by atoms with Crippen LogP contribution in [0.2, 0.25) is 0 Å². The molecule has 2 aromatic carbocycles. The van der Waals surface area contributed by atoms with Crippen LogP contribution in [-0.4, -0.2) is 23.4 Å². The molecule has 2 amide bonds. The number of hydrogen-bond acceptors (Lipinski definition) is 4. The van der Waals surface area contributed by atoms with Crippen LogP contribution in [0.4, 0.5) is 40.8 Å². The Kier molecular flexibility index (Phi) is 5.41. The molecule has 2 N–H and O–H groups in total. The number of amides is 2. The Morgan fingerprint density at radius 2 is 1.81 bits per heavy atom. The van der Waals surface area contributed by atoms with Crippen LogP contribution in [0.15, 0.2) is 66.9 Å². The molecule has 0 fully saturated rings. The number of para-hydroxylation sites is 1. The van der Waals surface area contributed by atoms with Gasteiger partial charge in [-0.1, -0.05) is 18.2 Å². The maximum atomic E-state index is 12.5. The predicted molar refractivity (Wildman–Crippen MR) is 112 cm³/mol. The Balaban J connectivity index is 1.49. The number of ether oxygens (including phenoxy) is 1. The van der Waals surface area contributed by atoms with Gasteiger partial charge in [0.05, 0.1) is 5.69 Å². The molecule has 31 heavy (non-hydrogen) atoms. The number of halogens is 3. The number of rotatable bonds is 4. The lowest BCUT2D eigenvalue weighted by atomic mass is 10.1. The van der Waals surface area contributed by atoms with E-state index < -0.39 is 12.4 Å². The molecule has 9 heteroatoms. The minimum atomic E-state index is -4.77. The summed E-state index contributed by atoms with van der Waals surface area (Å²) in [5.74, 6) is 0.249. The second kappa shape index (κ2) is 8.17. The van der Waals surface area contributed by atoms with E-state index in [0.717, 1.165) is 24.2 Å². The first-order valence-electron chi connectivity index (χ1n) is 9.56. The van der Waals surface area contributed by atoms with Crippen molar-refractivity contribution in [3.05, 3.63) is 72.4 Å². The summed E-state index contributed by atoms with van der Waals surface area (Å²) in [4.78, 5) is 19.1. The van der Waals surface area contributed by atoms with Crippen molar-refractivity contribution in [2.45, 2.75) is 25.7 Å². The second-order valence-electron chi connectivity index (χ2n) is 7.08. The van der Waals surface area contributed by atoms with E-state index in [9.17, 15) is 18.0 Å². The molecule has 0 saturated carbocycles. The molecule has 160 valence electrons. The quantitative estimate of drug-likeness (QED) is 0.559. The zero-order valence-corrected chi connectivity index (χ0v) is 16.5. The molecule has 0 radical (unpaired) electrons. The van der Waals surface area contributed by atoms with Crippen molar-refractivity contribution in [1.29, 1.82) is 0 Å². The third-order valence-corrected chi connectivity index (χ3v) is 4.82. The molecule has 1 atom stereocenters. The Morgan fingerprint density at radius 3 is 2.55 bits per heavy atom. The Morgan fingerprint density at radius 1 is 1.06 bits per heavy atom. The van der Waals surface area contributed by atoms with E-state index in [4.69, 9.17) is 0 Å². The van der Waals surface area contributed by atoms with E-state index in [-0.39, 0.29) is 11.8 Å².